The van der Waals surface area contributed by atoms with Gasteiger partial charge in [-0.3, -0.25) is 24.8 Å². The number of ether oxygens (including phenoxy) is 2. The molecular weight excluding hydrogens is 844 g/mol. The quantitative estimate of drug-likeness (QED) is 0.0831. The number of sulfonamides is 1. The molecule has 17 heteroatoms. The molecule has 5 heterocycles. The molecular formula is C46H45ClN8O7S. The van der Waals surface area contributed by atoms with Crippen LogP contribution < -0.4 is 24.4 Å². The van der Waals surface area contributed by atoms with Gasteiger partial charge in [-0.15, -0.1) is 0 Å². The van der Waals surface area contributed by atoms with Gasteiger partial charge in [-0.1, -0.05) is 49.2 Å². The molecule has 0 bridgehead atoms. The molecule has 0 saturated carbocycles. The third-order valence-corrected chi connectivity index (χ3v) is 13.5. The third kappa shape index (κ3) is 9.05. The Bertz CT molecular complexity index is 2860. The van der Waals surface area contributed by atoms with Gasteiger partial charge in [0.05, 0.1) is 27.3 Å². The van der Waals surface area contributed by atoms with E-state index in [1.807, 2.05) is 18.2 Å². The van der Waals surface area contributed by atoms with E-state index < -0.39 is 37.5 Å². The number of piperazine rings is 1. The van der Waals surface area contributed by atoms with Gasteiger partial charge in [0.1, 0.15) is 29.8 Å². The molecule has 1 saturated heterocycles. The van der Waals surface area contributed by atoms with Crippen LogP contribution in [0.5, 0.6) is 17.2 Å². The third-order valence-electron chi connectivity index (χ3n) is 11.9. The second kappa shape index (κ2) is 17.0. The van der Waals surface area contributed by atoms with E-state index in [0.717, 1.165) is 67.1 Å². The molecule has 0 unspecified atom stereocenters. The van der Waals surface area contributed by atoms with Crippen molar-refractivity contribution >= 4 is 61.2 Å². The topological polar surface area (TPSA) is 185 Å². The van der Waals surface area contributed by atoms with E-state index in [1.165, 1.54) is 29.0 Å². The van der Waals surface area contributed by atoms with Crippen LogP contribution in [0, 0.1) is 15.5 Å². The summed E-state index contributed by atoms with van der Waals surface area (Å²) in [7, 11) is -4.67. The molecule has 6 aromatic rings. The molecule has 0 radical (unpaired) electrons. The lowest BCUT2D eigenvalue weighted by Gasteiger charge is -2.39. The maximum Gasteiger partial charge on any atom is 0.297 e. The molecule has 1 fully saturated rings. The molecule has 2 aliphatic heterocycles. The number of rotatable bonds is 11. The van der Waals surface area contributed by atoms with Crippen LogP contribution in [0.1, 0.15) is 60.8 Å². The van der Waals surface area contributed by atoms with E-state index >= 15 is 0 Å². The molecule has 324 valence electrons. The number of anilines is 2. The average molecular weight is 889 g/mol. The second-order valence-corrected chi connectivity index (χ2v) is 19.0. The molecule has 0 spiro atoms. The Labute approximate surface area is 369 Å². The minimum atomic E-state index is -4.67. The van der Waals surface area contributed by atoms with E-state index in [4.69, 9.17) is 21.1 Å². The highest BCUT2D eigenvalue weighted by Crippen LogP contribution is 2.44. The van der Waals surface area contributed by atoms with Gasteiger partial charge in [-0.2, -0.15) is 0 Å². The first-order chi connectivity index (χ1) is 30.3. The summed E-state index contributed by atoms with van der Waals surface area (Å²) in [6, 6.07) is 23.6. The predicted molar refractivity (Wildman–Crippen MR) is 241 cm³/mol. The van der Waals surface area contributed by atoms with Crippen molar-refractivity contribution in [1.82, 2.24) is 24.6 Å². The fraction of sp³-hybridized carbons (Fsp3) is 0.283. The number of nitrogens with one attached hydrogen (secondary N) is 3. The van der Waals surface area contributed by atoms with Gasteiger partial charge in [-0.25, -0.2) is 18.1 Å². The summed E-state index contributed by atoms with van der Waals surface area (Å²) in [6.45, 7) is 8.60. The Hall–Kier alpha value is -6.49. The Kier molecular flexibility index (Phi) is 11.3. The molecule has 1 amide bonds. The van der Waals surface area contributed by atoms with E-state index in [1.54, 1.807) is 48.8 Å². The normalized spacial score (nSPS) is 17.7. The largest absolute Gasteiger partial charge is 0.489 e. The van der Waals surface area contributed by atoms with Crippen LogP contribution in [-0.4, -0.2) is 78.4 Å². The number of carbonyl (C=O) groups excluding carboxylic acids is 1. The summed E-state index contributed by atoms with van der Waals surface area (Å²) in [5.74, 6) is -0.606. The number of H-pyrrole nitrogens is 1. The number of benzene rings is 3. The van der Waals surface area contributed by atoms with E-state index in [9.17, 15) is 23.3 Å². The average Bonchev–Trinajstić information content (AvgIpc) is 3.75. The number of allylic oxidation sites excluding steroid dienone is 1. The Morgan fingerprint density at radius 2 is 1.84 bits per heavy atom. The molecule has 3 N–H and O–H groups in total. The Morgan fingerprint density at radius 3 is 2.60 bits per heavy atom. The smallest absolute Gasteiger partial charge is 0.297 e. The van der Waals surface area contributed by atoms with E-state index in [-0.39, 0.29) is 34.8 Å². The maximum atomic E-state index is 14.0. The first kappa shape index (κ1) is 41.8. The van der Waals surface area contributed by atoms with Crippen LogP contribution in [0.3, 0.4) is 0 Å². The van der Waals surface area contributed by atoms with Crippen LogP contribution in [0.25, 0.3) is 16.6 Å². The number of hydrogen-bond acceptors (Lipinski definition) is 12. The summed E-state index contributed by atoms with van der Waals surface area (Å²) >= 11 is 6.24. The number of carbonyl (C=O) groups is 1. The van der Waals surface area contributed by atoms with Crippen molar-refractivity contribution in [2.75, 3.05) is 49.5 Å². The lowest BCUT2D eigenvalue weighted by molar-refractivity contribution is -0.384. The Balaban J connectivity index is 0.955. The van der Waals surface area contributed by atoms with Gasteiger partial charge < -0.3 is 24.7 Å². The highest BCUT2D eigenvalue weighted by atomic mass is 35.5. The van der Waals surface area contributed by atoms with Crippen molar-refractivity contribution in [2.45, 2.75) is 44.0 Å². The number of halogens is 1. The summed E-state index contributed by atoms with van der Waals surface area (Å²) in [4.78, 5) is 41.5. The van der Waals surface area contributed by atoms with E-state index in [2.05, 4.69) is 60.8 Å². The van der Waals surface area contributed by atoms with Crippen LogP contribution >= 0.6 is 11.6 Å². The highest BCUT2D eigenvalue weighted by Gasteiger charge is 2.34. The first-order valence-corrected chi connectivity index (χ1v) is 22.5. The fourth-order valence-electron chi connectivity index (χ4n) is 8.48. The monoisotopic (exact) mass is 888 g/mol. The summed E-state index contributed by atoms with van der Waals surface area (Å²) in [5.41, 5.74) is 5.74. The number of amides is 1. The maximum absolute atomic E-state index is 14.0. The lowest BCUT2D eigenvalue weighted by Crippen LogP contribution is -2.47. The van der Waals surface area contributed by atoms with Crippen LogP contribution in [0.4, 0.5) is 17.1 Å². The van der Waals surface area contributed by atoms with Crippen molar-refractivity contribution in [2.24, 2.45) is 5.41 Å². The minimum Gasteiger partial charge on any atom is -0.489 e. The number of aromatic nitrogens is 3. The fourth-order valence-corrected chi connectivity index (χ4v) is 9.61. The Morgan fingerprint density at radius 1 is 1.03 bits per heavy atom. The van der Waals surface area contributed by atoms with Crippen LogP contribution in [0.15, 0.2) is 114 Å². The zero-order chi connectivity index (χ0) is 43.9. The van der Waals surface area contributed by atoms with Crippen molar-refractivity contribution in [3.8, 4) is 17.2 Å². The number of pyridine rings is 2. The zero-order valence-corrected chi connectivity index (χ0v) is 36.2. The predicted octanol–water partition coefficient (Wildman–Crippen LogP) is 8.76. The van der Waals surface area contributed by atoms with Gasteiger partial charge in [0.2, 0.25) is 0 Å². The van der Waals surface area contributed by atoms with Crippen LogP contribution in [-0.2, 0) is 10.0 Å². The minimum absolute atomic E-state index is 0.00472. The molecule has 3 aliphatic rings. The van der Waals surface area contributed by atoms with Crippen molar-refractivity contribution in [3.05, 3.63) is 141 Å². The molecule has 15 nitrogen and oxygen atoms in total. The number of nitro benzene ring substituents is 1. The zero-order valence-electron chi connectivity index (χ0n) is 34.6. The standard InChI is InChI=1S/C46H45ClN8O7S/c1-46(2)14-12-31(37(25-46)29-6-8-32(47)9-7-29)27-53-17-19-54(20-18-53)33-10-11-36(41(22-33)62-34-21-30-13-16-49-44(30)50-26-34)45(56)52-63(59,60)35-23-40(55(57)58)43-42(24-35)61-28-39(51-43)38-5-3-4-15-48-38/h3-11,13,15-16,21-24,26,39,51H,12,14,17-20,25,27-28H2,1-2H3,(H,49,50)(H,52,56)/t39-/m1/s1. The number of aromatic amines is 1. The van der Waals surface area contributed by atoms with Crippen molar-refractivity contribution in [1.29, 1.82) is 0 Å². The number of nitro groups is 1. The molecule has 3 aromatic carbocycles. The van der Waals surface area contributed by atoms with Gasteiger partial charge >= 0.3 is 0 Å². The van der Waals surface area contributed by atoms with Gasteiger partial charge in [0.25, 0.3) is 21.6 Å². The van der Waals surface area contributed by atoms with Crippen molar-refractivity contribution in [3.63, 3.8) is 0 Å². The van der Waals surface area contributed by atoms with E-state index in [0.29, 0.717) is 30.2 Å². The lowest BCUT2D eigenvalue weighted by atomic mass is 9.72. The SMILES string of the molecule is CC1(C)CCC(CN2CCN(c3ccc(C(=O)NS(=O)(=O)c4cc5c(c([N+](=O)[O-])c4)N[C@@H](c4ccccn4)CO5)c(Oc4cnc5[nH]ccc5c4)c3)CC2)=C(c2ccc(Cl)cc2)C1. The van der Waals surface area contributed by atoms with Gasteiger partial charge in [-0.05, 0) is 84.3 Å². The molecule has 1 aliphatic carbocycles. The summed E-state index contributed by atoms with van der Waals surface area (Å²) < 4.78 is 42.0. The number of hydrogen-bond donors (Lipinski definition) is 3. The first-order valence-electron chi connectivity index (χ1n) is 20.7. The highest BCUT2D eigenvalue weighted by molar-refractivity contribution is 7.90. The summed E-state index contributed by atoms with van der Waals surface area (Å²) in [5, 5.41) is 16.8. The van der Waals surface area contributed by atoms with Gasteiger partial charge in [0, 0.05) is 79.4 Å². The molecule has 9 rings (SSSR count). The molecule has 3 aromatic heterocycles. The van der Waals surface area contributed by atoms with Crippen LogP contribution in [0.2, 0.25) is 5.02 Å². The second-order valence-electron chi connectivity index (χ2n) is 16.8. The number of nitrogens with zero attached hydrogens (tertiary/aromatic N) is 5. The van der Waals surface area contributed by atoms with Gasteiger partial charge in [0.15, 0.2) is 11.4 Å². The summed E-state index contributed by atoms with van der Waals surface area (Å²) in [6.07, 6.45) is 8.03. The molecule has 1 atom stereocenters. The van der Waals surface area contributed by atoms with Crippen molar-refractivity contribution < 1.29 is 27.6 Å². The molecule has 63 heavy (non-hydrogen) atoms. The number of fused-ring (bicyclic) bond motifs is 2.